The quantitative estimate of drug-likeness (QED) is 0.785. The normalized spacial score (nSPS) is 19.7. The summed E-state index contributed by atoms with van der Waals surface area (Å²) >= 11 is 0. The minimum absolute atomic E-state index is 0.000868. The number of aliphatic hydroxyl groups is 1. The van der Waals surface area contributed by atoms with Crippen LogP contribution < -0.4 is 10.6 Å². The van der Waals surface area contributed by atoms with Gasteiger partial charge < -0.3 is 25.1 Å². The Morgan fingerprint density at radius 1 is 1.28 bits per heavy atom. The molecule has 0 aliphatic carbocycles. The second-order valence-corrected chi connectivity index (χ2v) is 5.76. The fourth-order valence-corrected chi connectivity index (χ4v) is 2.74. The van der Waals surface area contributed by atoms with E-state index in [2.05, 4.69) is 10.6 Å². The first kappa shape index (κ1) is 17.0. The zero-order valence-corrected chi connectivity index (χ0v) is 13.3. The maximum atomic E-state index is 13.7. The van der Waals surface area contributed by atoms with Crippen molar-refractivity contribution < 1.29 is 23.5 Å². The molecule has 1 aliphatic rings. The van der Waals surface area contributed by atoms with Crippen molar-refractivity contribution in [1.82, 2.24) is 10.2 Å². The molecule has 0 saturated carbocycles. The molecule has 132 valence electrons. The molecule has 0 spiro atoms. The number of para-hydroxylation sites is 1. The van der Waals surface area contributed by atoms with Gasteiger partial charge in [0.1, 0.15) is 17.6 Å². The highest BCUT2D eigenvalue weighted by atomic mass is 19.1. The lowest BCUT2D eigenvalue weighted by Gasteiger charge is -2.24. The number of β-amino-alcohol motifs (C(OH)–C–C–N with tert-alkyl or cyclic N) is 1. The molecule has 2 unspecified atom stereocenters. The van der Waals surface area contributed by atoms with Crippen molar-refractivity contribution in [3.8, 4) is 0 Å². The van der Waals surface area contributed by atoms with Gasteiger partial charge in [-0.2, -0.15) is 0 Å². The standard InChI is InChI=1S/C17H18FN3O4/c18-13-5-1-2-6-14(13)20-17(24)21-10-11(22)8-15(21)16(23)19-9-12-4-3-7-25-12/h1-7,11,15,22H,8-10H2,(H,19,23)(H,20,24). The largest absolute Gasteiger partial charge is 0.467 e. The lowest BCUT2D eigenvalue weighted by molar-refractivity contribution is -0.125. The van der Waals surface area contributed by atoms with Gasteiger partial charge in [0.05, 0.1) is 24.6 Å². The summed E-state index contributed by atoms with van der Waals surface area (Å²) in [5.41, 5.74) is 0.0173. The van der Waals surface area contributed by atoms with Crippen LogP contribution in [-0.4, -0.2) is 40.6 Å². The molecule has 3 N–H and O–H groups in total. The summed E-state index contributed by atoms with van der Waals surface area (Å²) in [6.07, 6.45) is 0.801. The molecule has 3 amide bonds. The van der Waals surface area contributed by atoms with E-state index in [1.807, 2.05) is 0 Å². The number of halogens is 1. The Morgan fingerprint density at radius 3 is 2.80 bits per heavy atom. The fourth-order valence-electron chi connectivity index (χ4n) is 2.74. The monoisotopic (exact) mass is 347 g/mol. The fraction of sp³-hybridized carbons (Fsp3) is 0.294. The predicted molar refractivity (Wildman–Crippen MR) is 87.1 cm³/mol. The van der Waals surface area contributed by atoms with Gasteiger partial charge in [0.2, 0.25) is 5.91 Å². The number of nitrogens with one attached hydrogen (secondary N) is 2. The van der Waals surface area contributed by atoms with Crippen LogP contribution in [0.1, 0.15) is 12.2 Å². The molecule has 1 saturated heterocycles. The lowest BCUT2D eigenvalue weighted by Crippen LogP contribution is -2.47. The molecule has 25 heavy (non-hydrogen) atoms. The van der Waals surface area contributed by atoms with Crippen molar-refractivity contribution in [3.63, 3.8) is 0 Å². The Bertz CT molecular complexity index is 750. The van der Waals surface area contributed by atoms with Gasteiger partial charge in [0.25, 0.3) is 0 Å². The Balaban J connectivity index is 1.65. The van der Waals surface area contributed by atoms with Crippen molar-refractivity contribution in [2.24, 2.45) is 0 Å². The van der Waals surface area contributed by atoms with Crippen LogP contribution >= 0.6 is 0 Å². The summed E-state index contributed by atoms with van der Waals surface area (Å²) in [6.45, 7) is 0.181. The van der Waals surface area contributed by atoms with Crippen LogP contribution in [-0.2, 0) is 11.3 Å². The number of rotatable bonds is 4. The molecule has 2 atom stereocenters. The number of urea groups is 1. The van der Waals surface area contributed by atoms with E-state index >= 15 is 0 Å². The maximum absolute atomic E-state index is 13.7. The first-order chi connectivity index (χ1) is 12.0. The third-order valence-electron chi connectivity index (χ3n) is 3.97. The zero-order valence-electron chi connectivity index (χ0n) is 13.3. The first-order valence-electron chi connectivity index (χ1n) is 7.85. The molecular formula is C17H18FN3O4. The summed E-state index contributed by atoms with van der Waals surface area (Å²) in [5, 5.41) is 14.9. The number of benzene rings is 1. The molecule has 2 aromatic rings. The van der Waals surface area contributed by atoms with Gasteiger partial charge in [-0.25, -0.2) is 9.18 Å². The third kappa shape index (κ3) is 3.97. The van der Waals surface area contributed by atoms with Crippen molar-refractivity contribution in [1.29, 1.82) is 0 Å². The van der Waals surface area contributed by atoms with Crippen LogP contribution in [0.2, 0.25) is 0 Å². The van der Waals surface area contributed by atoms with Crippen LogP contribution in [0.5, 0.6) is 0 Å². The molecule has 0 bridgehead atoms. The van der Waals surface area contributed by atoms with E-state index in [0.717, 1.165) is 0 Å². The van der Waals surface area contributed by atoms with E-state index in [9.17, 15) is 19.1 Å². The van der Waals surface area contributed by atoms with Crippen LogP contribution in [0.4, 0.5) is 14.9 Å². The topological polar surface area (TPSA) is 94.8 Å². The van der Waals surface area contributed by atoms with E-state index in [1.54, 1.807) is 18.2 Å². The van der Waals surface area contributed by atoms with Gasteiger partial charge in [0, 0.05) is 13.0 Å². The summed E-state index contributed by atoms with van der Waals surface area (Å²) in [6, 6.07) is 7.69. The molecule has 1 aromatic carbocycles. The number of amides is 3. The average molecular weight is 347 g/mol. The lowest BCUT2D eigenvalue weighted by atomic mass is 10.2. The highest BCUT2D eigenvalue weighted by Crippen LogP contribution is 2.21. The molecule has 2 heterocycles. The van der Waals surface area contributed by atoms with Gasteiger partial charge in [-0.15, -0.1) is 0 Å². The molecule has 1 aliphatic heterocycles. The van der Waals surface area contributed by atoms with E-state index in [-0.39, 0.29) is 25.2 Å². The number of hydrogen-bond acceptors (Lipinski definition) is 4. The maximum Gasteiger partial charge on any atom is 0.322 e. The number of carbonyl (C=O) groups is 2. The second kappa shape index (κ2) is 7.35. The van der Waals surface area contributed by atoms with Crippen LogP contribution in [0.25, 0.3) is 0 Å². The average Bonchev–Trinajstić information content (AvgIpc) is 3.24. The van der Waals surface area contributed by atoms with Crippen molar-refractivity contribution >= 4 is 17.6 Å². The molecule has 7 nitrogen and oxygen atoms in total. The van der Waals surface area contributed by atoms with E-state index < -0.39 is 29.9 Å². The van der Waals surface area contributed by atoms with Crippen LogP contribution in [0.15, 0.2) is 47.1 Å². The number of hydrogen-bond donors (Lipinski definition) is 3. The molecule has 0 radical (unpaired) electrons. The second-order valence-electron chi connectivity index (χ2n) is 5.76. The highest BCUT2D eigenvalue weighted by Gasteiger charge is 2.39. The number of anilines is 1. The van der Waals surface area contributed by atoms with Gasteiger partial charge in [-0.1, -0.05) is 12.1 Å². The summed E-state index contributed by atoms with van der Waals surface area (Å²) < 4.78 is 18.8. The number of nitrogens with zero attached hydrogens (tertiary/aromatic N) is 1. The van der Waals surface area contributed by atoms with E-state index in [4.69, 9.17) is 4.42 Å². The summed E-state index contributed by atoms with van der Waals surface area (Å²) in [7, 11) is 0. The molecule has 1 fully saturated rings. The SMILES string of the molecule is O=C(NCc1ccco1)C1CC(O)CN1C(=O)Nc1ccccc1F. The Kier molecular flexibility index (Phi) is 4.99. The van der Waals surface area contributed by atoms with Gasteiger partial charge in [-0.3, -0.25) is 4.79 Å². The minimum atomic E-state index is -0.836. The zero-order chi connectivity index (χ0) is 17.8. The smallest absolute Gasteiger partial charge is 0.322 e. The molecule has 1 aromatic heterocycles. The highest BCUT2D eigenvalue weighted by molar-refractivity contribution is 5.94. The van der Waals surface area contributed by atoms with Gasteiger partial charge in [0.15, 0.2) is 0 Å². The molecule has 8 heteroatoms. The number of furan rings is 1. The van der Waals surface area contributed by atoms with Gasteiger partial charge >= 0.3 is 6.03 Å². The molecular weight excluding hydrogens is 329 g/mol. The van der Waals surface area contributed by atoms with E-state index in [1.165, 1.54) is 29.4 Å². The van der Waals surface area contributed by atoms with E-state index in [0.29, 0.717) is 5.76 Å². The number of likely N-dealkylation sites (tertiary alicyclic amines) is 1. The Labute approximate surface area is 143 Å². The van der Waals surface area contributed by atoms with Crippen molar-refractivity contribution in [2.45, 2.75) is 25.1 Å². The van der Waals surface area contributed by atoms with Crippen LogP contribution in [0.3, 0.4) is 0 Å². The van der Waals surface area contributed by atoms with Gasteiger partial charge in [-0.05, 0) is 24.3 Å². The summed E-state index contributed by atoms with van der Waals surface area (Å²) in [5.74, 6) is -0.402. The van der Waals surface area contributed by atoms with Crippen molar-refractivity contribution in [3.05, 3.63) is 54.2 Å². The Morgan fingerprint density at radius 2 is 2.08 bits per heavy atom. The predicted octanol–water partition coefficient (Wildman–Crippen LogP) is 1.70. The first-order valence-corrected chi connectivity index (χ1v) is 7.85. The Hall–Kier alpha value is -2.87. The molecule has 3 rings (SSSR count). The number of aliphatic hydroxyl groups excluding tert-OH is 1. The summed E-state index contributed by atoms with van der Waals surface area (Å²) in [4.78, 5) is 26.0. The van der Waals surface area contributed by atoms with Crippen LogP contribution in [0, 0.1) is 5.82 Å². The third-order valence-corrected chi connectivity index (χ3v) is 3.97. The minimum Gasteiger partial charge on any atom is -0.467 e. The van der Waals surface area contributed by atoms with Crippen molar-refractivity contribution in [2.75, 3.05) is 11.9 Å². The number of carbonyl (C=O) groups excluding carboxylic acids is 2.